The predicted octanol–water partition coefficient (Wildman–Crippen LogP) is 2.42. The van der Waals surface area contributed by atoms with E-state index in [4.69, 9.17) is 0 Å². The predicted molar refractivity (Wildman–Crippen MR) is 73.2 cm³/mol. The van der Waals surface area contributed by atoms with E-state index in [1.54, 1.807) is 6.92 Å². The number of rotatable bonds is 7. The van der Waals surface area contributed by atoms with Crippen molar-refractivity contribution in [2.75, 3.05) is 6.54 Å². The number of halogens is 2. The fourth-order valence-corrected chi connectivity index (χ4v) is 2.00. The van der Waals surface area contributed by atoms with E-state index < -0.39 is 11.6 Å². The molecule has 3 nitrogen and oxygen atoms in total. The van der Waals surface area contributed by atoms with E-state index in [1.165, 1.54) is 6.07 Å². The molecule has 0 radical (unpaired) electrons. The summed E-state index contributed by atoms with van der Waals surface area (Å²) >= 11 is 0. The Balaban J connectivity index is 2.31. The Morgan fingerprint density at radius 2 is 2.00 bits per heavy atom. The van der Waals surface area contributed by atoms with Gasteiger partial charge in [0.2, 0.25) is 5.91 Å². The minimum Gasteiger partial charge on any atom is -0.393 e. The van der Waals surface area contributed by atoms with Crippen LogP contribution in [0.15, 0.2) is 18.2 Å². The Morgan fingerprint density at radius 1 is 1.30 bits per heavy atom. The van der Waals surface area contributed by atoms with Gasteiger partial charge >= 0.3 is 0 Å². The number of hydrogen-bond acceptors (Lipinski definition) is 2. The quantitative estimate of drug-likeness (QED) is 0.808. The first-order valence-corrected chi connectivity index (χ1v) is 6.77. The minimum atomic E-state index is -0.895. The average molecular weight is 285 g/mol. The van der Waals surface area contributed by atoms with Crippen molar-refractivity contribution in [3.63, 3.8) is 0 Å². The molecule has 1 rings (SSSR count). The summed E-state index contributed by atoms with van der Waals surface area (Å²) in [6.07, 6.45) is 0.841. The van der Waals surface area contributed by atoms with Gasteiger partial charge in [-0.15, -0.1) is 0 Å². The van der Waals surface area contributed by atoms with E-state index >= 15 is 0 Å². The highest BCUT2D eigenvalue weighted by atomic mass is 19.2. The fraction of sp³-hybridized carbons (Fsp3) is 0.533. The van der Waals surface area contributed by atoms with Crippen LogP contribution < -0.4 is 5.32 Å². The van der Waals surface area contributed by atoms with Crippen LogP contribution in [0.25, 0.3) is 0 Å². The highest BCUT2D eigenvalue weighted by molar-refractivity contribution is 5.76. The van der Waals surface area contributed by atoms with Gasteiger partial charge in [0.1, 0.15) is 0 Å². The molecule has 1 aromatic carbocycles. The van der Waals surface area contributed by atoms with Gasteiger partial charge in [-0.1, -0.05) is 13.0 Å². The fourth-order valence-electron chi connectivity index (χ4n) is 2.00. The zero-order valence-electron chi connectivity index (χ0n) is 11.8. The third kappa shape index (κ3) is 6.10. The lowest BCUT2D eigenvalue weighted by molar-refractivity contribution is -0.121. The molecule has 0 spiro atoms. The van der Waals surface area contributed by atoms with Gasteiger partial charge in [-0.25, -0.2) is 8.78 Å². The summed E-state index contributed by atoms with van der Waals surface area (Å²) in [5.41, 5.74) is 0.594. The van der Waals surface area contributed by atoms with Crippen LogP contribution in [-0.2, 0) is 11.2 Å². The maximum absolute atomic E-state index is 13.0. The Bertz CT molecular complexity index is 449. The van der Waals surface area contributed by atoms with Gasteiger partial charge in [0.05, 0.1) is 6.10 Å². The number of carbonyl (C=O) groups is 1. The molecule has 0 fully saturated rings. The Kier molecular flexibility index (Phi) is 6.58. The SMILES string of the molecule is CC(O)CC(C)CNC(=O)CCc1ccc(F)c(F)c1. The zero-order chi connectivity index (χ0) is 15.1. The van der Waals surface area contributed by atoms with Crippen LogP contribution in [0.3, 0.4) is 0 Å². The highest BCUT2D eigenvalue weighted by Gasteiger charge is 2.09. The molecule has 0 heterocycles. The standard InChI is InChI=1S/C15H21F2NO2/c1-10(7-11(2)19)9-18-15(20)6-4-12-3-5-13(16)14(17)8-12/h3,5,8,10-11,19H,4,6-7,9H2,1-2H3,(H,18,20). The second-order valence-electron chi connectivity index (χ2n) is 5.24. The van der Waals surface area contributed by atoms with Crippen molar-refractivity contribution in [1.82, 2.24) is 5.32 Å². The molecule has 0 saturated heterocycles. The number of aliphatic hydroxyl groups excluding tert-OH is 1. The summed E-state index contributed by atoms with van der Waals surface area (Å²) < 4.78 is 25.7. The van der Waals surface area contributed by atoms with Crippen molar-refractivity contribution in [1.29, 1.82) is 0 Å². The van der Waals surface area contributed by atoms with Gasteiger partial charge in [0.15, 0.2) is 11.6 Å². The van der Waals surface area contributed by atoms with Crippen molar-refractivity contribution in [3.8, 4) is 0 Å². The van der Waals surface area contributed by atoms with Gasteiger partial charge in [0.25, 0.3) is 0 Å². The molecule has 0 aliphatic rings. The van der Waals surface area contributed by atoms with Crippen molar-refractivity contribution in [3.05, 3.63) is 35.4 Å². The van der Waals surface area contributed by atoms with Crippen LogP contribution in [0.4, 0.5) is 8.78 Å². The summed E-state index contributed by atoms with van der Waals surface area (Å²) in [7, 11) is 0. The molecule has 0 aromatic heterocycles. The summed E-state index contributed by atoms with van der Waals surface area (Å²) in [4.78, 5) is 11.6. The lowest BCUT2D eigenvalue weighted by Crippen LogP contribution is -2.29. The van der Waals surface area contributed by atoms with Gasteiger partial charge in [-0.3, -0.25) is 4.79 Å². The molecule has 1 amide bonds. The maximum atomic E-state index is 13.0. The molecule has 0 bridgehead atoms. The third-order valence-corrected chi connectivity index (χ3v) is 3.02. The van der Waals surface area contributed by atoms with E-state index in [1.807, 2.05) is 6.92 Å². The molecule has 0 aliphatic carbocycles. The molecule has 112 valence electrons. The molecule has 1 aromatic rings. The van der Waals surface area contributed by atoms with Crippen LogP contribution in [0.5, 0.6) is 0 Å². The largest absolute Gasteiger partial charge is 0.393 e. The van der Waals surface area contributed by atoms with Gasteiger partial charge in [-0.2, -0.15) is 0 Å². The molecule has 2 N–H and O–H groups in total. The van der Waals surface area contributed by atoms with Crippen molar-refractivity contribution >= 4 is 5.91 Å². The number of amides is 1. The Morgan fingerprint density at radius 3 is 2.60 bits per heavy atom. The number of nitrogens with one attached hydrogen (secondary N) is 1. The number of aryl methyl sites for hydroxylation is 1. The summed E-state index contributed by atoms with van der Waals surface area (Å²) in [6.45, 7) is 4.16. The number of aliphatic hydroxyl groups is 1. The topological polar surface area (TPSA) is 49.3 Å². The van der Waals surface area contributed by atoms with Crippen molar-refractivity contribution < 1.29 is 18.7 Å². The van der Waals surface area contributed by atoms with Crippen LogP contribution in [0, 0.1) is 17.6 Å². The summed E-state index contributed by atoms with van der Waals surface area (Å²) in [6, 6.07) is 3.65. The van der Waals surface area contributed by atoms with Crippen molar-refractivity contribution in [2.24, 2.45) is 5.92 Å². The molecule has 20 heavy (non-hydrogen) atoms. The number of benzene rings is 1. The van der Waals surface area contributed by atoms with Gasteiger partial charge < -0.3 is 10.4 Å². The summed E-state index contributed by atoms with van der Waals surface area (Å²) in [5, 5.41) is 12.0. The number of carbonyl (C=O) groups excluding carboxylic acids is 1. The molecule has 2 unspecified atom stereocenters. The smallest absolute Gasteiger partial charge is 0.220 e. The Labute approximate surface area is 118 Å². The molecule has 0 aliphatic heterocycles. The number of hydrogen-bond donors (Lipinski definition) is 2. The maximum Gasteiger partial charge on any atom is 0.220 e. The zero-order valence-corrected chi connectivity index (χ0v) is 11.8. The molecule has 2 atom stereocenters. The van der Waals surface area contributed by atoms with E-state index in [0.717, 1.165) is 12.1 Å². The van der Waals surface area contributed by atoms with E-state index in [2.05, 4.69) is 5.32 Å². The van der Waals surface area contributed by atoms with E-state index in [9.17, 15) is 18.7 Å². The highest BCUT2D eigenvalue weighted by Crippen LogP contribution is 2.10. The lowest BCUT2D eigenvalue weighted by Gasteiger charge is -2.14. The Hall–Kier alpha value is -1.49. The molecule has 0 saturated carbocycles. The molecule has 5 heteroatoms. The average Bonchev–Trinajstić information content (AvgIpc) is 2.37. The first-order chi connectivity index (χ1) is 9.38. The van der Waals surface area contributed by atoms with Gasteiger partial charge in [-0.05, 0) is 43.4 Å². The monoisotopic (exact) mass is 285 g/mol. The normalized spacial score (nSPS) is 13.8. The summed E-state index contributed by atoms with van der Waals surface area (Å²) in [5.74, 6) is -1.71. The van der Waals surface area contributed by atoms with Crippen LogP contribution in [0.2, 0.25) is 0 Å². The second-order valence-corrected chi connectivity index (χ2v) is 5.24. The van der Waals surface area contributed by atoms with E-state index in [0.29, 0.717) is 24.9 Å². The first kappa shape index (κ1) is 16.6. The molecular formula is C15H21F2NO2. The van der Waals surface area contributed by atoms with Gasteiger partial charge in [0, 0.05) is 13.0 Å². The minimum absolute atomic E-state index is 0.132. The van der Waals surface area contributed by atoms with Crippen LogP contribution >= 0.6 is 0 Å². The van der Waals surface area contributed by atoms with E-state index in [-0.39, 0.29) is 24.3 Å². The second kappa shape index (κ2) is 7.94. The third-order valence-electron chi connectivity index (χ3n) is 3.02. The van der Waals surface area contributed by atoms with Crippen molar-refractivity contribution in [2.45, 2.75) is 39.2 Å². The first-order valence-electron chi connectivity index (χ1n) is 6.77. The van der Waals surface area contributed by atoms with Crippen LogP contribution in [-0.4, -0.2) is 23.7 Å². The van der Waals surface area contributed by atoms with Crippen LogP contribution in [0.1, 0.15) is 32.3 Å². The lowest BCUT2D eigenvalue weighted by atomic mass is 10.0. The molecular weight excluding hydrogens is 264 g/mol.